The van der Waals surface area contributed by atoms with Crippen LogP contribution >= 0.6 is 11.6 Å². The number of hydrogen-bond donors (Lipinski definition) is 2. The van der Waals surface area contributed by atoms with Crippen LogP contribution in [0.4, 0.5) is 4.79 Å². The van der Waals surface area contributed by atoms with Gasteiger partial charge in [0.05, 0.1) is 12.5 Å². The number of benzene rings is 1. The van der Waals surface area contributed by atoms with Gasteiger partial charge >= 0.3 is 12.0 Å². The second-order valence-electron chi connectivity index (χ2n) is 5.77. The molecule has 1 aliphatic heterocycles. The smallest absolute Gasteiger partial charge is 0.317 e. The summed E-state index contributed by atoms with van der Waals surface area (Å²) in [5.41, 5.74) is 0.953. The molecule has 1 aliphatic rings. The summed E-state index contributed by atoms with van der Waals surface area (Å²) in [5.74, 6) is -0.341. The van der Waals surface area contributed by atoms with Crippen LogP contribution in [0.1, 0.15) is 25.3 Å². The standard InChI is InChI=1S/C17H23ClN2O4/c1-2-24-15-4-3-14(18)11-13(15)5-8-19-17(23)20-9-6-12(7-10-20)16(21)22/h3-4,11-12H,2,5-10H2,1H3,(H,19,23)(H,21,22). The fraction of sp³-hybridized carbons (Fsp3) is 0.529. The Morgan fingerprint density at radius 1 is 1.38 bits per heavy atom. The van der Waals surface area contributed by atoms with E-state index in [0.29, 0.717) is 50.5 Å². The maximum Gasteiger partial charge on any atom is 0.317 e. The zero-order valence-corrected chi connectivity index (χ0v) is 14.5. The van der Waals surface area contributed by atoms with Crippen LogP contribution in [0.3, 0.4) is 0 Å². The molecular formula is C17H23ClN2O4. The Bertz CT molecular complexity index is 586. The number of amides is 2. The Labute approximate surface area is 146 Å². The topological polar surface area (TPSA) is 78.9 Å². The van der Waals surface area contributed by atoms with Gasteiger partial charge in [0, 0.05) is 24.7 Å². The molecule has 1 fully saturated rings. The third-order valence-electron chi connectivity index (χ3n) is 4.12. The average molecular weight is 355 g/mol. The molecule has 0 unspecified atom stereocenters. The number of carboxylic acids is 1. The minimum Gasteiger partial charge on any atom is -0.494 e. The summed E-state index contributed by atoms with van der Waals surface area (Å²) in [4.78, 5) is 24.8. The molecule has 0 spiro atoms. The van der Waals surface area contributed by atoms with Crippen molar-refractivity contribution >= 4 is 23.6 Å². The number of ether oxygens (including phenoxy) is 1. The van der Waals surface area contributed by atoms with E-state index in [4.69, 9.17) is 21.4 Å². The van der Waals surface area contributed by atoms with Gasteiger partial charge in [-0.15, -0.1) is 0 Å². The number of nitrogens with zero attached hydrogens (tertiary/aromatic N) is 1. The predicted octanol–water partition coefficient (Wildman–Crippen LogP) is 2.79. The largest absolute Gasteiger partial charge is 0.494 e. The second kappa shape index (κ2) is 8.78. The van der Waals surface area contributed by atoms with Crippen molar-refractivity contribution in [2.24, 2.45) is 5.92 Å². The van der Waals surface area contributed by atoms with Crippen LogP contribution in [0.5, 0.6) is 5.75 Å². The fourth-order valence-electron chi connectivity index (χ4n) is 2.79. The van der Waals surface area contributed by atoms with E-state index in [2.05, 4.69) is 5.32 Å². The number of halogens is 1. The summed E-state index contributed by atoms with van der Waals surface area (Å²) in [7, 11) is 0. The van der Waals surface area contributed by atoms with Gasteiger partial charge in [0.2, 0.25) is 0 Å². The summed E-state index contributed by atoms with van der Waals surface area (Å²) in [5, 5.41) is 12.5. The van der Waals surface area contributed by atoms with Crippen molar-refractivity contribution in [1.82, 2.24) is 10.2 Å². The van der Waals surface area contributed by atoms with Gasteiger partial charge in [-0.25, -0.2) is 4.79 Å². The summed E-state index contributed by atoms with van der Waals surface area (Å²) < 4.78 is 5.56. The van der Waals surface area contributed by atoms with Crippen molar-refractivity contribution in [2.75, 3.05) is 26.2 Å². The van der Waals surface area contributed by atoms with Gasteiger partial charge < -0.3 is 20.1 Å². The van der Waals surface area contributed by atoms with Gasteiger partial charge in [-0.2, -0.15) is 0 Å². The molecule has 6 nitrogen and oxygen atoms in total. The van der Waals surface area contributed by atoms with Gasteiger partial charge in [0.1, 0.15) is 5.75 Å². The van der Waals surface area contributed by atoms with E-state index in [-0.39, 0.29) is 11.9 Å². The number of hydrogen-bond acceptors (Lipinski definition) is 3. The SMILES string of the molecule is CCOc1ccc(Cl)cc1CCNC(=O)N1CCC(C(=O)O)CC1. The average Bonchev–Trinajstić information content (AvgIpc) is 2.57. The number of piperidine rings is 1. The molecule has 1 saturated heterocycles. The van der Waals surface area contributed by atoms with Gasteiger partial charge in [0.25, 0.3) is 0 Å². The highest BCUT2D eigenvalue weighted by molar-refractivity contribution is 6.30. The number of likely N-dealkylation sites (tertiary alicyclic amines) is 1. The lowest BCUT2D eigenvalue weighted by atomic mass is 9.97. The van der Waals surface area contributed by atoms with Crippen molar-refractivity contribution in [2.45, 2.75) is 26.2 Å². The maximum atomic E-state index is 12.2. The van der Waals surface area contributed by atoms with E-state index >= 15 is 0 Å². The van der Waals surface area contributed by atoms with Gasteiger partial charge in [-0.05, 0) is 49.9 Å². The van der Waals surface area contributed by atoms with Crippen molar-refractivity contribution in [3.63, 3.8) is 0 Å². The fourth-order valence-corrected chi connectivity index (χ4v) is 2.98. The molecule has 0 saturated carbocycles. The number of carboxylic acid groups (broad SMARTS) is 1. The third-order valence-corrected chi connectivity index (χ3v) is 4.36. The number of urea groups is 1. The first-order chi connectivity index (χ1) is 11.5. The van der Waals surface area contributed by atoms with Crippen molar-refractivity contribution in [3.8, 4) is 5.75 Å². The minimum absolute atomic E-state index is 0.154. The lowest BCUT2D eigenvalue weighted by Crippen LogP contribution is -2.45. The Morgan fingerprint density at radius 2 is 2.08 bits per heavy atom. The molecule has 0 bridgehead atoms. The molecule has 1 aromatic rings. The molecule has 7 heteroatoms. The molecule has 0 aromatic heterocycles. The quantitative estimate of drug-likeness (QED) is 0.823. The molecule has 0 radical (unpaired) electrons. The zero-order valence-electron chi connectivity index (χ0n) is 13.8. The first-order valence-corrected chi connectivity index (χ1v) is 8.56. The van der Waals surface area contributed by atoms with E-state index in [9.17, 15) is 9.59 Å². The lowest BCUT2D eigenvalue weighted by molar-refractivity contribution is -0.143. The molecule has 1 heterocycles. The Kier molecular flexibility index (Phi) is 6.73. The first kappa shape index (κ1) is 18.4. The number of nitrogens with one attached hydrogen (secondary N) is 1. The normalized spacial score (nSPS) is 15.2. The molecule has 1 aromatic carbocycles. The van der Waals surface area contributed by atoms with E-state index in [1.807, 2.05) is 19.1 Å². The molecule has 0 aliphatic carbocycles. The molecule has 0 atom stereocenters. The number of rotatable bonds is 6. The number of carbonyl (C=O) groups is 2. The number of aliphatic carboxylic acids is 1. The van der Waals surface area contributed by atoms with Crippen LogP contribution in [0.25, 0.3) is 0 Å². The Balaban J connectivity index is 1.81. The van der Waals surface area contributed by atoms with Crippen LogP contribution in [0, 0.1) is 5.92 Å². The Hall–Kier alpha value is -1.95. The van der Waals surface area contributed by atoms with E-state index in [0.717, 1.165) is 11.3 Å². The summed E-state index contributed by atoms with van der Waals surface area (Å²) in [6.07, 6.45) is 1.63. The van der Waals surface area contributed by atoms with Gasteiger partial charge in [-0.1, -0.05) is 11.6 Å². The van der Waals surface area contributed by atoms with E-state index < -0.39 is 5.97 Å². The highest BCUT2D eigenvalue weighted by Gasteiger charge is 2.26. The summed E-state index contributed by atoms with van der Waals surface area (Å²) in [6.45, 7) is 3.91. The zero-order chi connectivity index (χ0) is 17.5. The summed E-state index contributed by atoms with van der Waals surface area (Å²) in [6, 6.07) is 5.30. The molecule has 2 amide bonds. The first-order valence-electron chi connectivity index (χ1n) is 8.18. The highest BCUT2D eigenvalue weighted by Crippen LogP contribution is 2.23. The van der Waals surface area contributed by atoms with Crippen LogP contribution in [-0.4, -0.2) is 48.2 Å². The molecule has 2 rings (SSSR count). The predicted molar refractivity (Wildman–Crippen MR) is 91.7 cm³/mol. The van der Waals surface area contributed by atoms with Crippen LogP contribution < -0.4 is 10.1 Å². The van der Waals surface area contributed by atoms with Crippen LogP contribution in [0.15, 0.2) is 18.2 Å². The van der Waals surface area contributed by atoms with Crippen molar-refractivity contribution in [1.29, 1.82) is 0 Å². The van der Waals surface area contributed by atoms with E-state index in [1.165, 1.54) is 0 Å². The van der Waals surface area contributed by atoms with Crippen LogP contribution in [0.2, 0.25) is 5.02 Å². The maximum absolute atomic E-state index is 12.2. The van der Waals surface area contributed by atoms with Gasteiger partial charge in [0.15, 0.2) is 0 Å². The summed E-state index contributed by atoms with van der Waals surface area (Å²) >= 11 is 6.02. The molecule has 2 N–H and O–H groups in total. The van der Waals surface area contributed by atoms with Gasteiger partial charge in [-0.3, -0.25) is 4.79 Å². The molecule has 24 heavy (non-hydrogen) atoms. The number of carbonyl (C=O) groups excluding carboxylic acids is 1. The Morgan fingerprint density at radius 3 is 2.71 bits per heavy atom. The molecule has 132 valence electrons. The lowest BCUT2D eigenvalue weighted by Gasteiger charge is -2.30. The van der Waals surface area contributed by atoms with E-state index in [1.54, 1.807) is 11.0 Å². The minimum atomic E-state index is -0.778. The monoisotopic (exact) mass is 354 g/mol. The second-order valence-corrected chi connectivity index (χ2v) is 6.20. The van der Waals surface area contributed by atoms with Crippen LogP contribution in [-0.2, 0) is 11.2 Å². The van der Waals surface area contributed by atoms with Crippen molar-refractivity contribution < 1.29 is 19.4 Å². The molecular weight excluding hydrogens is 332 g/mol. The third kappa shape index (κ3) is 5.03. The van der Waals surface area contributed by atoms with Crippen molar-refractivity contribution in [3.05, 3.63) is 28.8 Å². The highest BCUT2D eigenvalue weighted by atomic mass is 35.5.